The third-order valence-corrected chi connectivity index (χ3v) is 5.69. The first-order chi connectivity index (χ1) is 14.6. The molecule has 1 saturated heterocycles. The van der Waals surface area contributed by atoms with E-state index in [1.54, 1.807) is 19.1 Å². The van der Waals surface area contributed by atoms with E-state index in [-0.39, 0.29) is 5.91 Å². The van der Waals surface area contributed by atoms with Crippen molar-refractivity contribution in [3.8, 4) is 5.75 Å². The lowest BCUT2D eigenvalue weighted by Crippen LogP contribution is -2.47. The molecule has 30 heavy (non-hydrogen) atoms. The molecule has 2 aromatic carbocycles. The van der Waals surface area contributed by atoms with Crippen LogP contribution >= 0.6 is 0 Å². The number of fused-ring (bicyclic) bond motifs is 1. The summed E-state index contributed by atoms with van der Waals surface area (Å²) in [6, 6.07) is 16.1. The molecule has 0 aliphatic carbocycles. The Balaban J connectivity index is 1.58. The molecular weight excluding hydrogens is 378 g/mol. The van der Waals surface area contributed by atoms with E-state index in [9.17, 15) is 4.79 Å². The van der Waals surface area contributed by atoms with Crippen LogP contribution in [0.25, 0.3) is 10.8 Å². The van der Waals surface area contributed by atoms with Crippen molar-refractivity contribution >= 4 is 28.2 Å². The third kappa shape index (κ3) is 3.75. The summed E-state index contributed by atoms with van der Waals surface area (Å²) >= 11 is 0. The minimum Gasteiger partial charge on any atom is -0.497 e. The van der Waals surface area contributed by atoms with Gasteiger partial charge in [0.1, 0.15) is 5.75 Å². The number of carbonyl (C=O) groups is 1. The summed E-state index contributed by atoms with van der Waals surface area (Å²) in [5, 5.41) is 10.6. The number of nitrogens with zero attached hydrogens (tertiary/aromatic N) is 5. The maximum absolute atomic E-state index is 12.7. The molecule has 2 heterocycles. The van der Waals surface area contributed by atoms with Crippen molar-refractivity contribution in [3.63, 3.8) is 0 Å². The molecule has 0 radical (unpaired) electrons. The van der Waals surface area contributed by atoms with Gasteiger partial charge in [0.15, 0.2) is 11.5 Å². The quantitative estimate of drug-likeness (QED) is 0.650. The summed E-state index contributed by atoms with van der Waals surface area (Å²) in [7, 11) is 3.47. The van der Waals surface area contributed by atoms with E-state index in [0.29, 0.717) is 12.2 Å². The van der Waals surface area contributed by atoms with E-state index in [2.05, 4.69) is 32.1 Å². The second-order valence-electron chi connectivity index (χ2n) is 7.41. The minimum absolute atomic E-state index is 0.101. The van der Waals surface area contributed by atoms with E-state index in [0.717, 1.165) is 54.2 Å². The molecule has 1 aromatic heterocycles. The summed E-state index contributed by atoms with van der Waals surface area (Å²) in [5.74, 6) is 1.60. The molecule has 0 saturated carbocycles. The Kier molecular flexibility index (Phi) is 5.70. The monoisotopic (exact) mass is 405 g/mol. The fourth-order valence-electron chi connectivity index (χ4n) is 3.79. The van der Waals surface area contributed by atoms with Crippen molar-refractivity contribution in [1.82, 2.24) is 15.1 Å². The van der Waals surface area contributed by atoms with Crippen molar-refractivity contribution in [3.05, 3.63) is 54.2 Å². The van der Waals surface area contributed by atoms with Gasteiger partial charge in [0.05, 0.1) is 7.11 Å². The van der Waals surface area contributed by atoms with Gasteiger partial charge in [-0.3, -0.25) is 4.79 Å². The summed E-state index contributed by atoms with van der Waals surface area (Å²) in [4.78, 5) is 19.0. The van der Waals surface area contributed by atoms with E-state index >= 15 is 0 Å². The number of benzene rings is 2. The van der Waals surface area contributed by atoms with Crippen molar-refractivity contribution in [2.24, 2.45) is 0 Å². The predicted octanol–water partition coefficient (Wildman–Crippen LogP) is 3.06. The van der Waals surface area contributed by atoms with Gasteiger partial charge in [-0.1, -0.05) is 30.3 Å². The van der Waals surface area contributed by atoms with Crippen LogP contribution < -0.4 is 14.5 Å². The average molecular weight is 406 g/mol. The van der Waals surface area contributed by atoms with Crippen molar-refractivity contribution < 1.29 is 9.53 Å². The summed E-state index contributed by atoms with van der Waals surface area (Å²) in [6.45, 7) is 5.99. The van der Waals surface area contributed by atoms with Crippen LogP contribution in [0.15, 0.2) is 48.5 Å². The maximum Gasteiger partial charge on any atom is 0.274 e. The van der Waals surface area contributed by atoms with Crippen LogP contribution in [0.4, 0.5) is 11.5 Å². The van der Waals surface area contributed by atoms with Gasteiger partial charge < -0.3 is 19.4 Å². The number of amides is 1. The zero-order chi connectivity index (χ0) is 21.1. The normalized spacial score (nSPS) is 14.1. The van der Waals surface area contributed by atoms with E-state index < -0.39 is 0 Å². The number of carbonyl (C=O) groups excluding carboxylic acids is 1. The first-order valence-corrected chi connectivity index (χ1v) is 10.3. The van der Waals surface area contributed by atoms with Gasteiger partial charge in [-0.25, -0.2) is 0 Å². The van der Waals surface area contributed by atoms with Gasteiger partial charge in [-0.05, 0) is 19.1 Å². The number of aromatic nitrogens is 2. The van der Waals surface area contributed by atoms with Crippen molar-refractivity contribution in [1.29, 1.82) is 0 Å². The zero-order valence-corrected chi connectivity index (χ0v) is 17.7. The molecule has 0 spiro atoms. The van der Waals surface area contributed by atoms with Crippen molar-refractivity contribution in [2.45, 2.75) is 6.92 Å². The van der Waals surface area contributed by atoms with Gasteiger partial charge in [-0.15, -0.1) is 10.2 Å². The molecule has 0 N–H and O–H groups in total. The molecule has 1 aliphatic rings. The van der Waals surface area contributed by atoms with Crippen LogP contribution in [-0.4, -0.2) is 67.9 Å². The number of anilines is 2. The number of hydrogen-bond donors (Lipinski definition) is 0. The fraction of sp³-hybridized carbons (Fsp3) is 0.348. The lowest BCUT2D eigenvalue weighted by molar-refractivity contribution is 0.0797. The molecule has 7 heteroatoms. The lowest BCUT2D eigenvalue weighted by atomic mass is 10.1. The Hall–Kier alpha value is -3.35. The SMILES string of the molecule is CCN(C)C(=O)c1nnc(N2CCN(c3cccc(OC)c3)CC2)c2ccccc12. The van der Waals surface area contributed by atoms with Gasteiger partial charge in [-0.2, -0.15) is 0 Å². The highest BCUT2D eigenvalue weighted by Crippen LogP contribution is 2.28. The first-order valence-electron chi connectivity index (χ1n) is 10.3. The fourth-order valence-corrected chi connectivity index (χ4v) is 3.79. The largest absolute Gasteiger partial charge is 0.497 e. The highest BCUT2D eigenvalue weighted by atomic mass is 16.5. The second-order valence-corrected chi connectivity index (χ2v) is 7.41. The molecule has 1 amide bonds. The zero-order valence-electron chi connectivity index (χ0n) is 17.7. The number of piperazine rings is 1. The molecule has 4 rings (SSSR count). The summed E-state index contributed by atoms with van der Waals surface area (Å²) in [6.07, 6.45) is 0. The van der Waals surface area contributed by atoms with Crippen LogP contribution in [0.3, 0.4) is 0 Å². The van der Waals surface area contributed by atoms with E-state index in [1.807, 2.05) is 43.3 Å². The molecule has 0 atom stereocenters. The molecule has 156 valence electrons. The highest BCUT2D eigenvalue weighted by molar-refractivity contribution is 6.07. The Morgan fingerprint density at radius 1 is 1.00 bits per heavy atom. The third-order valence-electron chi connectivity index (χ3n) is 5.69. The Bertz CT molecular complexity index is 1050. The number of methoxy groups -OCH3 is 1. The highest BCUT2D eigenvalue weighted by Gasteiger charge is 2.23. The van der Waals surface area contributed by atoms with Gasteiger partial charge in [0, 0.05) is 62.3 Å². The number of ether oxygens (including phenoxy) is 1. The van der Waals surface area contributed by atoms with Gasteiger partial charge in [0.2, 0.25) is 0 Å². The van der Waals surface area contributed by atoms with Crippen molar-refractivity contribution in [2.75, 3.05) is 56.7 Å². The summed E-state index contributed by atoms with van der Waals surface area (Å²) in [5.41, 5.74) is 1.57. The smallest absolute Gasteiger partial charge is 0.274 e. The topological polar surface area (TPSA) is 61.8 Å². The molecule has 1 aliphatic heterocycles. The Morgan fingerprint density at radius 2 is 1.70 bits per heavy atom. The van der Waals surface area contributed by atoms with Crippen LogP contribution in [0.5, 0.6) is 5.75 Å². The maximum atomic E-state index is 12.7. The standard InChI is InChI=1S/C23H27N5O2/c1-4-26(2)23(29)21-19-10-5-6-11-20(19)22(25-24-21)28-14-12-27(13-15-28)17-8-7-9-18(16-17)30-3/h5-11,16H,4,12-15H2,1-3H3. The van der Waals surface area contributed by atoms with E-state index in [4.69, 9.17) is 4.74 Å². The first kappa shape index (κ1) is 19.9. The average Bonchev–Trinajstić information content (AvgIpc) is 2.82. The molecule has 0 bridgehead atoms. The number of rotatable bonds is 5. The molecule has 0 unspecified atom stereocenters. The molecular formula is C23H27N5O2. The molecule has 3 aromatic rings. The molecule has 1 fully saturated rings. The lowest BCUT2D eigenvalue weighted by Gasteiger charge is -2.37. The van der Waals surface area contributed by atoms with Gasteiger partial charge in [0.25, 0.3) is 5.91 Å². The predicted molar refractivity (Wildman–Crippen MR) is 120 cm³/mol. The molecule has 7 nitrogen and oxygen atoms in total. The Labute approximate surface area is 176 Å². The Morgan fingerprint density at radius 3 is 2.40 bits per heavy atom. The van der Waals surface area contributed by atoms with Crippen LogP contribution in [0.2, 0.25) is 0 Å². The minimum atomic E-state index is -0.101. The van der Waals surface area contributed by atoms with E-state index in [1.165, 1.54) is 0 Å². The van der Waals surface area contributed by atoms with Crippen LogP contribution in [0.1, 0.15) is 17.4 Å². The van der Waals surface area contributed by atoms with Crippen LogP contribution in [-0.2, 0) is 0 Å². The van der Waals surface area contributed by atoms with Crippen LogP contribution in [0, 0.1) is 0 Å². The van der Waals surface area contributed by atoms with Gasteiger partial charge >= 0.3 is 0 Å². The summed E-state index contributed by atoms with van der Waals surface area (Å²) < 4.78 is 5.35. The number of hydrogen-bond acceptors (Lipinski definition) is 6. The second kappa shape index (κ2) is 8.57.